The van der Waals surface area contributed by atoms with Gasteiger partial charge in [-0.2, -0.15) is 23.6 Å². The maximum atomic E-state index is 9.29. The van der Waals surface area contributed by atoms with Crippen LogP contribution in [-0.4, -0.2) is 136 Å². The van der Waals surface area contributed by atoms with E-state index in [2.05, 4.69) is 48.1 Å². The summed E-state index contributed by atoms with van der Waals surface area (Å²) in [6.45, 7) is 0. The molecule has 0 rings (SSSR count). The van der Waals surface area contributed by atoms with Gasteiger partial charge in [0.05, 0.1) is 0 Å². The van der Waals surface area contributed by atoms with Gasteiger partial charge >= 0.3 is 136 Å². The van der Waals surface area contributed by atoms with Crippen LogP contribution < -0.4 is 19.6 Å². The van der Waals surface area contributed by atoms with Crippen LogP contribution in [0.1, 0.15) is 0 Å². The predicted molar refractivity (Wildman–Crippen MR) is 60.6 cm³/mol. The molecule has 13 heavy (non-hydrogen) atoms. The summed E-state index contributed by atoms with van der Waals surface area (Å²) in [6, 6.07) is 0. The standard InChI is InChI=1S/2H3O2PS2.3Sr/c2*1-3(2,4)5;;;/h2*(H3,1,2,4,5);;;/q;;3*+2/p-6. The number of hydrogen-bond acceptors (Lipinski definition) is 8. The van der Waals surface area contributed by atoms with Crippen molar-refractivity contribution in [3.05, 3.63) is 0 Å². The van der Waals surface area contributed by atoms with Crippen LogP contribution in [0.5, 0.6) is 0 Å². The Hall–Kier alpha value is 6.28. The molecule has 0 N–H and O–H groups in total. The van der Waals surface area contributed by atoms with Crippen molar-refractivity contribution < 1.29 is 19.6 Å². The molecule has 0 aromatic carbocycles. The number of rotatable bonds is 0. The second-order valence-corrected chi connectivity index (χ2v) is 9.84. The molecule has 0 aromatic heterocycles. The van der Waals surface area contributed by atoms with E-state index < -0.39 is 11.4 Å². The van der Waals surface area contributed by atoms with Crippen molar-refractivity contribution in [2.24, 2.45) is 0 Å². The summed E-state index contributed by atoms with van der Waals surface area (Å²) in [5.41, 5.74) is -7.44. The minimum atomic E-state index is -3.72. The minimum absolute atomic E-state index is 0. The van der Waals surface area contributed by atoms with E-state index in [-0.39, 0.29) is 136 Å². The van der Waals surface area contributed by atoms with E-state index in [1.54, 1.807) is 0 Å². The van der Waals surface area contributed by atoms with Gasteiger partial charge < -0.3 is 55.5 Å². The van der Waals surface area contributed by atoms with Crippen LogP contribution in [-0.2, 0) is 48.1 Å². The molecule has 0 heterocycles. The first kappa shape index (κ1) is 31.6. The molecule has 0 aliphatic heterocycles. The summed E-state index contributed by atoms with van der Waals surface area (Å²) in [5.74, 6) is 0. The molecule has 0 aromatic rings. The largest absolute Gasteiger partial charge is 2.00 e. The molecule has 0 bridgehead atoms. The normalized spacial score (nSPS) is 9.08. The first-order chi connectivity index (χ1) is 4.00. The van der Waals surface area contributed by atoms with Crippen molar-refractivity contribution in [3.8, 4) is 0 Å². The van der Waals surface area contributed by atoms with Crippen LogP contribution in [0.25, 0.3) is 0 Å². The van der Waals surface area contributed by atoms with E-state index in [1.807, 2.05) is 0 Å². The molecule has 0 fully saturated rings. The van der Waals surface area contributed by atoms with Gasteiger partial charge in [-0.15, -0.1) is 0 Å². The van der Waals surface area contributed by atoms with Crippen molar-refractivity contribution in [2.45, 2.75) is 0 Å². The predicted octanol–water partition coefficient (Wildman–Crippen LogP) is -4.19. The summed E-state index contributed by atoms with van der Waals surface area (Å²) in [7, 11) is 0. The van der Waals surface area contributed by atoms with E-state index in [9.17, 15) is 19.6 Å². The van der Waals surface area contributed by atoms with Gasteiger partial charge in [-0.25, -0.2) is 0 Å². The fraction of sp³-hybridized carbons (Fsp3) is 0. The van der Waals surface area contributed by atoms with Crippen molar-refractivity contribution in [2.75, 3.05) is 0 Å². The van der Waals surface area contributed by atoms with Crippen molar-refractivity contribution in [3.63, 3.8) is 0 Å². The van der Waals surface area contributed by atoms with Gasteiger partial charge in [0.15, 0.2) is 0 Å². The first-order valence-electron chi connectivity index (χ1n) is 1.46. The summed E-state index contributed by atoms with van der Waals surface area (Å²) in [6.07, 6.45) is 0. The molecule has 0 aliphatic rings. The van der Waals surface area contributed by atoms with Crippen molar-refractivity contribution >= 4 is 196 Å². The monoisotopic (exact) mass is 518 g/mol. The zero-order chi connectivity index (χ0) is 9.00. The number of hydrogen-bond donors (Lipinski definition) is 0. The molecule has 0 atom stereocenters. The smallest absolute Gasteiger partial charge is 0.850 e. The minimum Gasteiger partial charge on any atom is -0.850 e. The van der Waals surface area contributed by atoms with E-state index in [0.717, 1.165) is 0 Å². The van der Waals surface area contributed by atoms with Crippen LogP contribution in [0.2, 0.25) is 0 Å². The third-order valence-corrected chi connectivity index (χ3v) is 0. The fourth-order valence-electron chi connectivity index (χ4n) is 0. The van der Waals surface area contributed by atoms with Gasteiger partial charge in [-0.05, 0) is 0 Å². The maximum Gasteiger partial charge on any atom is 2.00 e. The Bertz CT molecular complexity index is 138. The average Bonchev–Trinajstić information content (AvgIpc) is 1.12. The summed E-state index contributed by atoms with van der Waals surface area (Å²) in [4.78, 5) is 37.2. The van der Waals surface area contributed by atoms with Gasteiger partial charge in [0.25, 0.3) is 0 Å². The Morgan fingerprint density at radius 3 is 0.692 bits per heavy atom. The molecular weight excluding hydrogens is 517 g/mol. The summed E-state index contributed by atoms with van der Waals surface area (Å²) < 4.78 is 0. The zero-order valence-corrected chi connectivity index (χ0v) is 21.8. The van der Waals surface area contributed by atoms with Crippen molar-refractivity contribution in [1.29, 1.82) is 0 Å². The van der Waals surface area contributed by atoms with Crippen LogP contribution in [0.3, 0.4) is 0 Å². The Morgan fingerprint density at radius 2 is 0.692 bits per heavy atom. The SMILES string of the molecule is [O-]P([O-])(=S)[S-].[O-]P([O-])(=S)[S-].[Sr+2].[Sr+2].[Sr+2]. The molecule has 0 spiro atoms. The molecular formula is O4P2S4Sr3. The second-order valence-electron chi connectivity index (χ2n) is 0.894. The van der Waals surface area contributed by atoms with E-state index >= 15 is 0 Å². The third-order valence-electron chi connectivity index (χ3n) is 0. The Balaban J connectivity index is -0.0000000267. The Labute approximate surface area is 209 Å². The van der Waals surface area contributed by atoms with Crippen LogP contribution >= 0.6 is 11.4 Å². The second kappa shape index (κ2) is 16.3. The van der Waals surface area contributed by atoms with E-state index in [0.29, 0.717) is 0 Å². The van der Waals surface area contributed by atoms with Gasteiger partial charge in [-0.1, -0.05) is 0 Å². The van der Waals surface area contributed by atoms with Gasteiger partial charge in [0.2, 0.25) is 0 Å². The maximum absolute atomic E-state index is 9.29. The molecule has 0 radical (unpaired) electrons. The Morgan fingerprint density at radius 1 is 0.692 bits per heavy atom. The van der Waals surface area contributed by atoms with E-state index in [4.69, 9.17) is 0 Å². The molecule has 13 heteroatoms. The van der Waals surface area contributed by atoms with Crippen LogP contribution in [0.4, 0.5) is 0 Å². The molecule has 0 saturated carbocycles. The van der Waals surface area contributed by atoms with Gasteiger partial charge in [0, 0.05) is 0 Å². The van der Waals surface area contributed by atoms with Crippen LogP contribution in [0, 0.1) is 0 Å². The quantitative estimate of drug-likeness (QED) is 0.182. The first-order valence-corrected chi connectivity index (χ1v) is 8.76. The van der Waals surface area contributed by atoms with Crippen LogP contribution in [0.15, 0.2) is 0 Å². The molecule has 0 aliphatic carbocycles. The fourth-order valence-corrected chi connectivity index (χ4v) is 0. The van der Waals surface area contributed by atoms with Gasteiger partial charge in [0.1, 0.15) is 0 Å². The molecule has 4 nitrogen and oxygen atoms in total. The topological polar surface area (TPSA) is 92.2 Å². The molecule has 0 amide bonds. The van der Waals surface area contributed by atoms with Gasteiger partial charge in [-0.3, -0.25) is 0 Å². The summed E-state index contributed by atoms with van der Waals surface area (Å²) >= 11 is 14.6. The summed E-state index contributed by atoms with van der Waals surface area (Å²) in [5, 5.41) is 0. The third kappa shape index (κ3) is 123. The van der Waals surface area contributed by atoms with E-state index in [1.165, 1.54) is 0 Å². The molecule has 0 saturated heterocycles. The Kier molecular flexibility index (Phi) is 39.7. The average molecular weight is 517 g/mol. The zero-order valence-electron chi connectivity index (χ0n) is 6.28. The van der Waals surface area contributed by atoms with Crippen molar-refractivity contribution in [1.82, 2.24) is 0 Å². The molecule has 0 unspecified atom stereocenters. The molecule has 64 valence electrons.